The number of halogens is 1. The first-order valence-corrected chi connectivity index (χ1v) is 10.2. The molecule has 1 aromatic carbocycles. The maximum Gasteiger partial charge on any atom is 0.306 e. The quantitative estimate of drug-likeness (QED) is 0.817. The predicted octanol–water partition coefficient (Wildman–Crippen LogP) is 4.12. The van der Waals surface area contributed by atoms with Gasteiger partial charge in [0.2, 0.25) is 0 Å². The monoisotopic (exact) mass is 416 g/mol. The number of fused-ring (bicyclic) bond motifs is 3. The topological polar surface area (TPSA) is 68.5 Å². The van der Waals surface area contributed by atoms with Crippen LogP contribution in [0.25, 0.3) is 0 Å². The second-order valence-corrected chi connectivity index (χ2v) is 8.74. The van der Waals surface area contributed by atoms with Gasteiger partial charge in [0, 0.05) is 28.1 Å². The maximum atomic E-state index is 11.6. The lowest BCUT2D eigenvalue weighted by Gasteiger charge is -2.27. The summed E-state index contributed by atoms with van der Waals surface area (Å²) in [6.07, 6.45) is -0.123. The van der Waals surface area contributed by atoms with Gasteiger partial charge in [-0.3, -0.25) is 19.7 Å². The molecule has 0 bridgehead atoms. The van der Waals surface area contributed by atoms with Crippen molar-refractivity contribution in [2.45, 2.75) is 39.4 Å². The molecule has 0 saturated carbocycles. The van der Waals surface area contributed by atoms with E-state index in [-0.39, 0.29) is 12.6 Å². The van der Waals surface area contributed by atoms with E-state index >= 15 is 0 Å². The van der Waals surface area contributed by atoms with Crippen LogP contribution in [0.2, 0.25) is 5.02 Å². The molecule has 1 unspecified atom stereocenters. The van der Waals surface area contributed by atoms with Gasteiger partial charge >= 0.3 is 5.97 Å². The molecule has 146 valence electrons. The Hall–Kier alpha value is -2.38. The van der Waals surface area contributed by atoms with Crippen molar-refractivity contribution in [1.29, 1.82) is 0 Å². The fourth-order valence-corrected chi connectivity index (χ4v) is 4.98. The number of hydrogen-bond acceptors (Lipinski definition) is 6. The number of nitrogens with zero attached hydrogens (tertiary/aromatic N) is 4. The number of carboxylic acids is 1. The first-order valence-electron chi connectivity index (χ1n) is 9.04. The fourth-order valence-electron chi connectivity index (χ4n) is 3.62. The Balaban J connectivity index is 1.99. The molecule has 0 spiro atoms. The Morgan fingerprint density at radius 2 is 1.96 bits per heavy atom. The summed E-state index contributed by atoms with van der Waals surface area (Å²) in [6, 6.07) is 6.97. The molecular weight excluding hydrogens is 396 g/mol. The van der Waals surface area contributed by atoms with Crippen LogP contribution in [0.4, 0.5) is 5.00 Å². The molecule has 0 aliphatic carbocycles. The Kier molecular flexibility index (Phi) is 4.67. The third kappa shape index (κ3) is 2.99. The molecule has 1 N–H and O–H groups in total. The predicted molar refractivity (Wildman–Crippen MR) is 114 cm³/mol. The normalized spacial score (nSPS) is 21.0. The van der Waals surface area contributed by atoms with Crippen molar-refractivity contribution in [2.24, 2.45) is 10.1 Å². The molecule has 2 aromatic rings. The highest BCUT2D eigenvalue weighted by molar-refractivity contribution is 7.17. The zero-order valence-corrected chi connectivity index (χ0v) is 17.7. The number of hydrazone groups is 1. The van der Waals surface area contributed by atoms with Crippen LogP contribution in [-0.4, -0.2) is 46.9 Å². The summed E-state index contributed by atoms with van der Waals surface area (Å²) < 4.78 is 0. The number of thiophene rings is 1. The largest absolute Gasteiger partial charge is 0.481 e. The highest BCUT2D eigenvalue weighted by Crippen LogP contribution is 2.42. The highest BCUT2D eigenvalue weighted by atomic mass is 35.5. The number of rotatable bonds is 3. The Bertz CT molecular complexity index is 1010. The minimum atomic E-state index is -0.896. The van der Waals surface area contributed by atoms with E-state index in [1.54, 1.807) is 11.3 Å². The van der Waals surface area contributed by atoms with Gasteiger partial charge in [0.1, 0.15) is 17.2 Å². The number of aliphatic imine (C=N–C) groups is 1. The standard InChI is InChI=1S/C20H21ClN4O2S/c1-10-11(2)28-20-17(10)18(13-5-7-14(21)8-6-13)22-15(9-16(26)27)19-23-24(4)12(3)25(19)20/h5-8,12,15H,9H2,1-4H3,(H,26,27)/t12?,15-/m1/s1. The molecule has 0 saturated heterocycles. The molecule has 2 atom stereocenters. The smallest absolute Gasteiger partial charge is 0.306 e. The van der Waals surface area contributed by atoms with E-state index in [4.69, 9.17) is 16.6 Å². The highest BCUT2D eigenvalue weighted by Gasteiger charge is 2.41. The SMILES string of the molecule is Cc1sc2c(c1C)C(c1ccc(Cl)cc1)=N[C@H](CC(=O)O)C1=NN(C)C(C)N12. The summed E-state index contributed by atoms with van der Waals surface area (Å²) in [5, 5.41) is 17.7. The molecule has 4 rings (SSSR count). The zero-order chi connectivity index (χ0) is 20.2. The molecule has 3 heterocycles. The van der Waals surface area contributed by atoms with Crippen molar-refractivity contribution in [3.05, 3.63) is 50.9 Å². The molecule has 28 heavy (non-hydrogen) atoms. The van der Waals surface area contributed by atoms with Crippen LogP contribution in [0, 0.1) is 13.8 Å². The van der Waals surface area contributed by atoms with E-state index in [0.717, 1.165) is 27.4 Å². The Morgan fingerprint density at radius 1 is 1.29 bits per heavy atom. The summed E-state index contributed by atoms with van der Waals surface area (Å²) in [4.78, 5) is 19.9. The van der Waals surface area contributed by atoms with Crippen molar-refractivity contribution in [3.63, 3.8) is 0 Å². The van der Waals surface area contributed by atoms with Crippen molar-refractivity contribution >= 4 is 45.5 Å². The average molecular weight is 417 g/mol. The maximum absolute atomic E-state index is 11.6. The van der Waals surface area contributed by atoms with Gasteiger partial charge in [0.15, 0.2) is 5.84 Å². The van der Waals surface area contributed by atoms with Gasteiger partial charge in [-0.25, -0.2) is 0 Å². The van der Waals surface area contributed by atoms with Crippen molar-refractivity contribution in [1.82, 2.24) is 5.01 Å². The van der Waals surface area contributed by atoms with E-state index in [1.807, 2.05) is 36.3 Å². The molecule has 2 aliphatic heterocycles. The molecular formula is C20H21ClN4O2S. The van der Waals surface area contributed by atoms with E-state index in [9.17, 15) is 9.90 Å². The van der Waals surface area contributed by atoms with Crippen LogP contribution >= 0.6 is 22.9 Å². The van der Waals surface area contributed by atoms with Gasteiger partial charge in [-0.2, -0.15) is 5.10 Å². The Labute approximate surface area is 172 Å². The van der Waals surface area contributed by atoms with Crippen molar-refractivity contribution in [3.8, 4) is 0 Å². The van der Waals surface area contributed by atoms with Gasteiger partial charge in [-0.05, 0) is 38.5 Å². The zero-order valence-electron chi connectivity index (χ0n) is 16.1. The van der Waals surface area contributed by atoms with Crippen LogP contribution in [-0.2, 0) is 4.79 Å². The first kappa shape index (κ1) is 19.0. The number of carboxylic acid groups (broad SMARTS) is 1. The van der Waals surface area contributed by atoms with E-state index in [1.165, 1.54) is 4.88 Å². The second kappa shape index (κ2) is 6.90. The van der Waals surface area contributed by atoms with Gasteiger partial charge in [-0.15, -0.1) is 11.3 Å². The average Bonchev–Trinajstić information content (AvgIpc) is 3.04. The number of benzene rings is 1. The lowest BCUT2D eigenvalue weighted by Crippen LogP contribution is -2.42. The summed E-state index contributed by atoms with van der Waals surface area (Å²) in [7, 11) is 1.90. The first-order chi connectivity index (χ1) is 13.3. The van der Waals surface area contributed by atoms with Crippen LogP contribution in [0.3, 0.4) is 0 Å². The minimum Gasteiger partial charge on any atom is -0.481 e. The fraction of sp³-hybridized carbons (Fsp3) is 0.350. The van der Waals surface area contributed by atoms with Crippen LogP contribution in [0.5, 0.6) is 0 Å². The number of amidine groups is 1. The van der Waals surface area contributed by atoms with Crippen molar-refractivity contribution in [2.75, 3.05) is 11.9 Å². The van der Waals surface area contributed by atoms with Crippen LogP contribution < -0.4 is 4.90 Å². The third-order valence-corrected chi connectivity index (χ3v) is 6.77. The molecule has 0 radical (unpaired) electrons. The van der Waals surface area contributed by atoms with E-state index < -0.39 is 12.0 Å². The van der Waals surface area contributed by atoms with Gasteiger partial charge in [0.25, 0.3) is 0 Å². The van der Waals surface area contributed by atoms with Gasteiger partial charge in [0.05, 0.1) is 12.1 Å². The van der Waals surface area contributed by atoms with Crippen molar-refractivity contribution < 1.29 is 9.90 Å². The number of anilines is 1. The lowest BCUT2D eigenvalue weighted by molar-refractivity contribution is -0.137. The third-order valence-electron chi connectivity index (χ3n) is 5.31. The number of carbonyl (C=O) groups is 1. The minimum absolute atomic E-state index is 0.0118. The molecule has 1 aromatic heterocycles. The second-order valence-electron chi connectivity index (χ2n) is 7.10. The Morgan fingerprint density at radius 3 is 2.61 bits per heavy atom. The molecule has 0 fully saturated rings. The number of aliphatic carboxylic acids is 1. The number of hydrogen-bond donors (Lipinski definition) is 1. The van der Waals surface area contributed by atoms with Gasteiger partial charge in [-0.1, -0.05) is 23.7 Å². The van der Waals surface area contributed by atoms with Gasteiger partial charge < -0.3 is 5.11 Å². The lowest BCUT2D eigenvalue weighted by atomic mass is 9.99. The van der Waals surface area contributed by atoms with Crippen LogP contribution in [0.1, 0.15) is 34.9 Å². The summed E-state index contributed by atoms with van der Waals surface area (Å²) in [5.74, 6) is -0.212. The molecule has 0 amide bonds. The van der Waals surface area contributed by atoms with Crippen LogP contribution in [0.15, 0.2) is 34.4 Å². The molecule has 6 nitrogen and oxygen atoms in total. The summed E-state index contributed by atoms with van der Waals surface area (Å²) in [6.45, 7) is 6.26. The van der Waals surface area contributed by atoms with E-state index in [0.29, 0.717) is 10.9 Å². The van der Waals surface area contributed by atoms with E-state index in [2.05, 4.69) is 30.8 Å². The molecule has 8 heteroatoms. The summed E-state index contributed by atoms with van der Waals surface area (Å²) in [5.41, 5.74) is 3.93. The summed E-state index contributed by atoms with van der Waals surface area (Å²) >= 11 is 7.78. The molecule has 2 aliphatic rings. The number of aryl methyl sites for hydroxylation is 1.